The fraction of sp³-hybridized carbons (Fsp3) is 0.154. The van der Waals surface area contributed by atoms with Crippen LogP contribution in [-0.4, -0.2) is 30.5 Å². The smallest absolute Gasteiger partial charge is 0.257 e. The fourth-order valence-electron chi connectivity index (χ4n) is 4.06. The molecule has 0 aliphatic rings. The summed E-state index contributed by atoms with van der Waals surface area (Å²) in [5.41, 5.74) is 4.80. The van der Waals surface area contributed by atoms with E-state index in [9.17, 15) is 4.79 Å². The van der Waals surface area contributed by atoms with E-state index in [1.807, 2.05) is 79.3 Å². The van der Waals surface area contributed by atoms with E-state index in [0.717, 1.165) is 34.3 Å². The van der Waals surface area contributed by atoms with E-state index in [1.54, 1.807) is 10.9 Å². The normalized spacial score (nSPS) is 11.2. The monoisotopic (exact) mass is 548 g/mol. The number of aryl methyl sites for hydroxylation is 1. The van der Waals surface area contributed by atoms with Crippen LogP contribution in [0.1, 0.15) is 28.5 Å². The van der Waals surface area contributed by atoms with E-state index in [1.165, 1.54) is 0 Å². The van der Waals surface area contributed by atoms with Crippen LogP contribution in [0, 0.1) is 6.92 Å². The number of pyridine rings is 1. The molecule has 0 bridgehead atoms. The summed E-state index contributed by atoms with van der Waals surface area (Å²) in [6.07, 6.45) is 3.61. The zero-order chi connectivity index (χ0) is 24.5. The Labute approximate surface area is 215 Å². The van der Waals surface area contributed by atoms with Gasteiger partial charge < -0.3 is 5.32 Å². The van der Waals surface area contributed by atoms with Crippen LogP contribution in [0.25, 0.3) is 22.2 Å². The van der Waals surface area contributed by atoms with Crippen LogP contribution in [0.2, 0.25) is 5.02 Å². The maximum absolute atomic E-state index is 13.5. The summed E-state index contributed by atoms with van der Waals surface area (Å²) < 4.78 is 4.32. The topological polar surface area (TPSA) is 77.6 Å². The van der Waals surface area contributed by atoms with Crippen molar-refractivity contribution in [2.24, 2.45) is 0 Å². The number of rotatable bonds is 6. The van der Waals surface area contributed by atoms with Gasteiger partial charge in [-0.25, -0.2) is 4.98 Å². The van der Waals surface area contributed by atoms with Gasteiger partial charge in [-0.2, -0.15) is 10.2 Å². The van der Waals surface area contributed by atoms with E-state index in [2.05, 4.69) is 31.4 Å². The molecule has 0 unspecified atom stereocenters. The summed E-state index contributed by atoms with van der Waals surface area (Å²) >= 11 is 9.81. The number of anilines is 1. The Balaban J connectivity index is 1.49. The molecule has 2 aromatic carbocycles. The Morgan fingerprint density at radius 2 is 1.91 bits per heavy atom. The van der Waals surface area contributed by atoms with Crippen molar-refractivity contribution in [3.63, 3.8) is 0 Å². The molecule has 1 amide bonds. The summed E-state index contributed by atoms with van der Waals surface area (Å²) in [4.78, 5) is 18.3. The third-order valence-electron chi connectivity index (χ3n) is 5.88. The van der Waals surface area contributed by atoms with Crippen molar-refractivity contribution in [1.82, 2.24) is 24.5 Å². The number of carbonyl (C=O) groups is 1. The zero-order valence-electron chi connectivity index (χ0n) is 19.2. The van der Waals surface area contributed by atoms with E-state index < -0.39 is 0 Å². The molecule has 0 saturated carbocycles. The van der Waals surface area contributed by atoms with Crippen LogP contribution < -0.4 is 5.32 Å². The minimum atomic E-state index is -0.269. The van der Waals surface area contributed by atoms with Gasteiger partial charge in [0.05, 0.1) is 34.0 Å². The van der Waals surface area contributed by atoms with Crippen LogP contribution in [-0.2, 0) is 13.1 Å². The van der Waals surface area contributed by atoms with Crippen molar-refractivity contribution in [3.05, 3.63) is 93.3 Å². The van der Waals surface area contributed by atoms with Crippen molar-refractivity contribution in [3.8, 4) is 11.3 Å². The molecule has 3 heterocycles. The summed E-state index contributed by atoms with van der Waals surface area (Å²) in [6, 6.07) is 17.0. The maximum Gasteiger partial charge on any atom is 0.257 e. The number of aromatic nitrogens is 5. The molecular formula is C26H22BrClN6O. The Bertz CT molecular complexity index is 1560. The molecule has 0 spiro atoms. The predicted molar refractivity (Wildman–Crippen MR) is 142 cm³/mol. The van der Waals surface area contributed by atoms with Crippen molar-refractivity contribution in [2.75, 3.05) is 5.32 Å². The molecule has 7 nitrogen and oxygen atoms in total. The molecule has 3 aromatic heterocycles. The molecule has 0 saturated heterocycles. The standard InChI is InChI=1S/C26H22BrClN6O/c1-3-34-16(2)20(13-29-34)24-12-19(18-9-5-7-11-23(18)30-24)26(35)31-25-21(27)15-33(32-25)14-17-8-4-6-10-22(17)28/h4-13,15H,3,14H2,1-2H3,(H,31,32,35). The first-order valence-corrected chi connectivity index (χ1v) is 12.3. The van der Waals surface area contributed by atoms with E-state index in [4.69, 9.17) is 16.6 Å². The second-order valence-corrected chi connectivity index (χ2v) is 9.36. The molecule has 0 aliphatic carbocycles. The van der Waals surface area contributed by atoms with E-state index >= 15 is 0 Å². The molecule has 1 N–H and O–H groups in total. The predicted octanol–water partition coefficient (Wildman–Crippen LogP) is 6.34. The molecule has 176 valence electrons. The van der Waals surface area contributed by atoms with E-state index in [-0.39, 0.29) is 5.91 Å². The minimum absolute atomic E-state index is 0.269. The lowest BCUT2D eigenvalue weighted by atomic mass is 10.0. The van der Waals surface area contributed by atoms with Gasteiger partial charge in [-0.3, -0.25) is 14.2 Å². The molecule has 0 fully saturated rings. The lowest BCUT2D eigenvalue weighted by Gasteiger charge is -2.10. The summed E-state index contributed by atoms with van der Waals surface area (Å²) in [5, 5.41) is 13.4. The van der Waals surface area contributed by atoms with Crippen LogP contribution in [0.5, 0.6) is 0 Å². The first-order valence-electron chi connectivity index (χ1n) is 11.1. The van der Waals surface area contributed by atoms with Gasteiger partial charge in [0.15, 0.2) is 5.82 Å². The number of fused-ring (bicyclic) bond motifs is 1. The zero-order valence-corrected chi connectivity index (χ0v) is 21.5. The molecule has 0 radical (unpaired) electrons. The second kappa shape index (κ2) is 9.64. The highest BCUT2D eigenvalue weighted by atomic mass is 79.9. The van der Waals surface area contributed by atoms with E-state index in [0.29, 0.717) is 33.1 Å². The number of benzene rings is 2. The van der Waals surface area contributed by atoms with Gasteiger partial charge in [-0.1, -0.05) is 48.0 Å². The molecule has 5 rings (SSSR count). The highest BCUT2D eigenvalue weighted by Crippen LogP contribution is 2.29. The van der Waals surface area contributed by atoms with Crippen molar-refractivity contribution in [1.29, 1.82) is 0 Å². The SMILES string of the molecule is CCn1ncc(-c2cc(C(=O)Nc3nn(Cc4ccccc4Cl)cc3Br)c3ccccc3n2)c1C. The highest BCUT2D eigenvalue weighted by Gasteiger charge is 2.19. The van der Waals surface area contributed by atoms with Gasteiger partial charge in [-0.15, -0.1) is 0 Å². The quantitative estimate of drug-likeness (QED) is 0.268. The first kappa shape index (κ1) is 23.3. The molecular weight excluding hydrogens is 528 g/mol. The number of hydrogen-bond acceptors (Lipinski definition) is 4. The molecule has 35 heavy (non-hydrogen) atoms. The fourth-order valence-corrected chi connectivity index (χ4v) is 4.67. The van der Waals surface area contributed by atoms with Gasteiger partial charge in [0.25, 0.3) is 5.91 Å². The largest absolute Gasteiger partial charge is 0.304 e. The Morgan fingerprint density at radius 3 is 2.69 bits per heavy atom. The van der Waals surface area contributed by atoms with Crippen molar-refractivity contribution >= 4 is 50.2 Å². The van der Waals surface area contributed by atoms with Crippen LogP contribution in [0.4, 0.5) is 5.82 Å². The lowest BCUT2D eigenvalue weighted by molar-refractivity contribution is 0.102. The number of nitrogens with one attached hydrogen (secondary N) is 1. The third-order valence-corrected chi connectivity index (χ3v) is 6.83. The summed E-state index contributed by atoms with van der Waals surface area (Å²) in [5.74, 6) is 0.161. The highest BCUT2D eigenvalue weighted by molar-refractivity contribution is 9.10. The third kappa shape index (κ3) is 4.59. The Hall–Kier alpha value is -3.49. The average Bonchev–Trinajstić information content (AvgIpc) is 3.40. The number of halogens is 2. The minimum Gasteiger partial charge on any atom is -0.304 e. The summed E-state index contributed by atoms with van der Waals surface area (Å²) in [6.45, 7) is 5.29. The number of hydrogen-bond donors (Lipinski definition) is 1. The maximum atomic E-state index is 13.5. The van der Waals surface area contributed by atoms with Crippen LogP contribution >= 0.6 is 27.5 Å². The Kier molecular flexibility index (Phi) is 6.40. The lowest BCUT2D eigenvalue weighted by Crippen LogP contribution is -2.14. The molecule has 0 atom stereocenters. The number of nitrogens with zero attached hydrogens (tertiary/aromatic N) is 5. The second-order valence-electron chi connectivity index (χ2n) is 8.10. The molecule has 0 aliphatic heterocycles. The van der Waals surface area contributed by atoms with Crippen LogP contribution in [0.15, 0.2) is 71.5 Å². The van der Waals surface area contributed by atoms with Gasteiger partial charge in [0.1, 0.15) is 0 Å². The van der Waals surface area contributed by atoms with Gasteiger partial charge in [-0.05, 0) is 53.5 Å². The molecule has 5 aromatic rings. The Morgan fingerprint density at radius 1 is 1.14 bits per heavy atom. The van der Waals surface area contributed by atoms with Gasteiger partial charge in [0, 0.05) is 34.4 Å². The van der Waals surface area contributed by atoms with Gasteiger partial charge >= 0.3 is 0 Å². The number of carbonyl (C=O) groups excluding carboxylic acids is 1. The average molecular weight is 550 g/mol. The number of amides is 1. The number of para-hydroxylation sites is 1. The first-order chi connectivity index (χ1) is 16.9. The summed E-state index contributed by atoms with van der Waals surface area (Å²) in [7, 11) is 0. The van der Waals surface area contributed by atoms with Crippen molar-refractivity contribution < 1.29 is 4.79 Å². The van der Waals surface area contributed by atoms with Gasteiger partial charge in [0.2, 0.25) is 0 Å². The van der Waals surface area contributed by atoms with Crippen LogP contribution in [0.3, 0.4) is 0 Å². The molecule has 9 heteroatoms. The van der Waals surface area contributed by atoms with Crippen molar-refractivity contribution in [2.45, 2.75) is 26.9 Å².